The molecule has 4 rings (SSSR count). The molecule has 0 aromatic heterocycles. The fourth-order valence-electron chi connectivity index (χ4n) is 3.87. The molecule has 198 valence electrons. The Morgan fingerprint density at radius 1 is 0.861 bits per heavy atom. The smallest absolute Gasteiger partial charge is 0.332 e. The van der Waals surface area contributed by atoms with Crippen molar-refractivity contribution in [3.05, 3.63) is 42.5 Å². The summed E-state index contributed by atoms with van der Waals surface area (Å²) in [5.41, 5.74) is 0.308. The highest BCUT2D eigenvalue weighted by Gasteiger charge is 2.28. The third-order valence-corrected chi connectivity index (χ3v) is 9.91. The number of ether oxygens (including phenoxy) is 2. The van der Waals surface area contributed by atoms with Crippen molar-refractivity contribution in [2.45, 2.75) is 33.6 Å². The third-order valence-electron chi connectivity index (χ3n) is 5.80. The molecule has 1 unspecified atom stereocenters. The van der Waals surface area contributed by atoms with Crippen LogP contribution in [0.3, 0.4) is 0 Å². The Kier molecular flexibility index (Phi) is 7.87. The molecule has 15 heteroatoms. The molecule has 11 nitrogen and oxygen atoms in total. The van der Waals surface area contributed by atoms with Gasteiger partial charge in [-0.25, -0.2) is 16.8 Å². The van der Waals surface area contributed by atoms with Gasteiger partial charge in [0.1, 0.15) is 0 Å². The maximum Gasteiger partial charge on any atom is 0.332 e. The Hall–Kier alpha value is -2.30. The number of benzene rings is 2. The van der Waals surface area contributed by atoms with E-state index in [9.17, 15) is 29.1 Å². The number of sulfonamides is 2. The summed E-state index contributed by atoms with van der Waals surface area (Å²) in [6, 6.07) is 7.64. The molecule has 36 heavy (non-hydrogen) atoms. The fraction of sp³-hybridized carbons (Fsp3) is 0.429. The van der Waals surface area contributed by atoms with Crippen molar-refractivity contribution in [3.8, 4) is 0 Å². The minimum Gasteiger partial charge on any atom is -0.381 e. The van der Waals surface area contributed by atoms with Crippen LogP contribution in [0, 0.1) is 0 Å². The summed E-state index contributed by atoms with van der Waals surface area (Å²) in [5, 5.41) is 3.11. The molecule has 0 amide bonds. The molecule has 2 aromatic carbocycles. The highest BCUT2D eigenvalue weighted by molar-refractivity contribution is 7.92. The molecule has 2 fully saturated rings. The number of morpholine rings is 1. The summed E-state index contributed by atoms with van der Waals surface area (Å²) < 4.78 is 102. The third kappa shape index (κ3) is 6.15. The highest BCUT2D eigenvalue weighted by Crippen LogP contribution is 2.30. The van der Waals surface area contributed by atoms with Crippen molar-refractivity contribution in [1.29, 1.82) is 0 Å². The van der Waals surface area contributed by atoms with Crippen LogP contribution in [0.5, 0.6) is 0 Å². The van der Waals surface area contributed by atoms with Gasteiger partial charge >= 0.3 is 10.2 Å². The number of anilines is 2. The van der Waals surface area contributed by atoms with Crippen LogP contribution in [-0.4, -0.2) is 75.1 Å². The number of hydrogen-bond donors (Lipinski definition) is 2. The lowest BCUT2D eigenvalue weighted by molar-refractivity contribution is 0.0730. The molecule has 0 bridgehead atoms. The van der Waals surface area contributed by atoms with Gasteiger partial charge in [-0.15, -0.1) is 3.89 Å². The Balaban J connectivity index is 1.66. The van der Waals surface area contributed by atoms with Gasteiger partial charge in [0, 0.05) is 26.2 Å². The molecule has 2 saturated heterocycles. The summed E-state index contributed by atoms with van der Waals surface area (Å²) in [6.07, 6.45) is 1.68. The molecular formula is C21H26FN3O8S3. The second-order valence-corrected chi connectivity index (χ2v) is 13.2. The van der Waals surface area contributed by atoms with Gasteiger partial charge in [0.25, 0.3) is 10.0 Å². The number of halogens is 1. The average Bonchev–Trinajstić information content (AvgIpc) is 3.37. The van der Waals surface area contributed by atoms with Crippen molar-refractivity contribution in [3.63, 3.8) is 0 Å². The summed E-state index contributed by atoms with van der Waals surface area (Å²) in [4.78, 5) is -1.12. The average molecular weight is 564 g/mol. The second-order valence-electron chi connectivity index (χ2n) is 8.25. The van der Waals surface area contributed by atoms with Crippen LogP contribution in [0.25, 0.3) is 0 Å². The summed E-state index contributed by atoms with van der Waals surface area (Å²) >= 11 is 0. The van der Waals surface area contributed by atoms with E-state index in [4.69, 9.17) is 9.47 Å². The Bertz CT molecular complexity index is 1400. The van der Waals surface area contributed by atoms with Crippen LogP contribution in [0.1, 0.15) is 12.8 Å². The quantitative estimate of drug-likeness (QED) is 0.435. The first-order chi connectivity index (χ1) is 17.0. The van der Waals surface area contributed by atoms with Crippen LogP contribution in [0.2, 0.25) is 0 Å². The molecule has 2 aliphatic heterocycles. The van der Waals surface area contributed by atoms with E-state index < -0.39 is 35.2 Å². The number of nitrogens with zero attached hydrogens (tertiary/aromatic N) is 1. The predicted molar refractivity (Wildman–Crippen MR) is 129 cm³/mol. The van der Waals surface area contributed by atoms with E-state index in [1.165, 1.54) is 22.5 Å². The van der Waals surface area contributed by atoms with Gasteiger partial charge in [0.2, 0.25) is 10.0 Å². The molecule has 2 aromatic rings. The van der Waals surface area contributed by atoms with Crippen molar-refractivity contribution in [2.24, 2.45) is 0 Å². The van der Waals surface area contributed by atoms with Gasteiger partial charge in [-0.1, -0.05) is 0 Å². The Labute approximate surface area is 209 Å². The predicted octanol–water partition coefficient (Wildman–Crippen LogP) is 1.76. The monoisotopic (exact) mass is 563 g/mol. The molecule has 0 spiro atoms. The first-order valence-corrected chi connectivity index (χ1v) is 15.4. The molecule has 2 aliphatic rings. The molecular weight excluding hydrogens is 537 g/mol. The van der Waals surface area contributed by atoms with Crippen molar-refractivity contribution in [2.75, 3.05) is 49.5 Å². The van der Waals surface area contributed by atoms with Crippen LogP contribution < -0.4 is 10.0 Å². The first-order valence-electron chi connectivity index (χ1n) is 11.1. The summed E-state index contributed by atoms with van der Waals surface area (Å²) in [5.74, 6) is 0. The summed E-state index contributed by atoms with van der Waals surface area (Å²) in [7, 11) is -13.2. The maximum atomic E-state index is 13.2. The zero-order chi connectivity index (χ0) is 26.0. The van der Waals surface area contributed by atoms with Gasteiger partial charge in [-0.2, -0.15) is 12.7 Å². The molecule has 2 N–H and O–H groups in total. The van der Waals surface area contributed by atoms with E-state index in [1.54, 1.807) is 0 Å². The van der Waals surface area contributed by atoms with E-state index in [0.29, 0.717) is 18.8 Å². The molecule has 0 saturated carbocycles. The topological polar surface area (TPSA) is 148 Å². The maximum absolute atomic E-state index is 13.2. The normalized spacial score (nSPS) is 19.8. The van der Waals surface area contributed by atoms with Crippen LogP contribution >= 0.6 is 0 Å². The lowest BCUT2D eigenvalue weighted by atomic mass is 10.2. The van der Waals surface area contributed by atoms with Crippen molar-refractivity contribution >= 4 is 41.6 Å². The van der Waals surface area contributed by atoms with E-state index in [0.717, 1.165) is 37.1 Å². The zero-order valence-electron chi connectivity index (χ0n) is 19.1. The van der Waals surface area contributed by atoms with Gasteiger partial charge < -0.3 is 14.8 Å². The van der Waals surface area contributed by atoms with Crippen molar-refractivity contribution < 1.29 is 38.6 Å². The number of hydrogen-bond acceptors (Lipinski definition) is 9. The van der Waals surface area contributed by atoms with Crippen LogP contribution in [-0.2, 0) is 39.7 Å². The van der Waals surface area contributed by atoms with E-state index in [-0.39, 0.29) is 47.9 Å². The Morgan fingerprint density at radius 2 is 1.50 bits per heavy atom. The first kappa shape index (κ1) is 26.8. The zero-order valence-corrected chi connectivity index (χ0v) is 21.5. The Morgan fingerprint density at radius 3 is 2.11 bits per heavy atom. The molecule has 0 radical (unpaired) electrons. The van der Waals surface area contributed by atoms with Crippen LogP contribution in [0.15, 0.2) is 57.2 Å². The molecule has 0 aliphatic carbocycles. The largest absolute Gasteiger partial charge is 0.381 e. The molecule has 2 heterocycles. The van der Waals surface area contributed by atoms with E-state index >= 15 is 0 Å². The standard InChI is InChI=1S/C21H26FN3O8S3/c22-34(26,27)17-3-5-18(6-4-17)35(28,29)24-21-14-19(36(30,31)25-9-12-32-13-10-25)7-8-20(21)23-15-16-2-1-11-33-16/h3-8,14,16,23-24H,1-2,9-13,15H2. The van der Waals surface area contributed by atoms with Gasteiger partial charge in [-0.05, 0) is 55.3 Å². The van der Waals surface area contributed by atoms with Gasteiger partial charge in [-0.3, -0.25) is 4.72 Å². The SMILES string of the molecule is O=S(=O)(F)c1ccc(S(=O)(=O)Nc2cc(S(=O)(=O)N3CCOCC3)ccc2NCC2CCCO2)cc1. The van der Waals surface area contributed by atoms with E-state index in [1.807, 2.05) is 0 Å². The number of nitrogens with one attached hydrogen (secondary N) is 2. The minimum atomic E-state index is -5.00. The van der Waals surface area contributed by atoms with E-state index in [2.05, 4.69) is 10.0 Å². The van der Waals surface area contributed by atoms with Crippen LogP contribution in [0.4, 0.5) is 15.3 Å². The van der Waals surface area contributed by atoms with Gasteiger partial charge in [0.05, 0.1) is 45.4 Å². The van der Waals surface area contributed by atoms with Gasteiger partial charge in [0.15, 0.2) is 0 Å². The summed E-state index contributed by atoms with van der Waals surface area (Å²) in [6.45, 7) is 1.87. The fourth-order valence-corrected chi connectivity index (χ4v) is 6.84. The lowest BCUT2D eigenvalue weighted by Crippen LogP contribution is -2.40. The lowest BCUT2D eigenvalue weighted by Gasteiger charge is -2.26. The minimum absolute atomic E-state index is 0.0236. The molecule has 1 atom stereocenters. The van der Waals surface area contributed by atoms with Crippen molar-refractivity contribution in [1.82, 2.24) is 4.31 Å². The highest BCUT2D eigenvalue weighted by atomic mass is 32.3. The second kappa shape index (κ2) is 10.6. The number of rotatable bonds is 9.